The fourth-order valence-corrected chi connectivity index (χ4v) is 3.22. The van der Waals surface area contributed by atoms with Crippen LogP contribution in [0.15, 0.2) is 29.2 Å². The predicted octanol–water partition coefficient (Wildman–Crippen LogP) is 2.10. The maximum atomic E-state index is 12.4. The van der Waals surface area contributed by atoms with Crippen LogP contribution >= 0.6 is 0 Å². The molecule has 0 radical (unpaired) electrons. The first-order valence-electron chi connectivity index (χ1n) is 6.54. The molecule has 0 N–H and O–H groups in total. The van der Waals surface area contributed by atoms with Crippen molar-refractivity contribution < 1.29 is 13.2 Å². The zero-order chi connectivity index (χ0) is 14.0. The molecule has 0 aliphatic carbocycles. The lowest BCUT2D eigenvalue weighted by molar-refractivity contribution is 0.0733. The van der Waals surface area contributed by atoms with Crippen LogP contribution in [0.1, 0.15) is 36.5 Å². The molecule has 2 rings (SSSR count). The lowest BCUT2D eigenvalue weighted by Crippen LogP contribution is -2.35. The normalized spacial score (nSPS) is 19.7. The zero-order valence-corrected chi connectivity index (χ0v) is 12.1. The van der Waals surface area contributed by atoms with Crippen molar-refractivity contribution in [2.45, 2.75) is 37.1 Å². The molecule has 1 heterocycles. The predicted molar refractivity (Wildman–Crippen MR) is 73.9 cm³/mol. The van der Waals surface area contributed by atoms with Crippen molar-refractivity contribution in [3.05, 3.63) is 29.8 Å². The lowest BCUT2D eigenvalue weighted by Gasteiger charge is -2.23. The van der Waals surface area contributed by atoms with Gasteiger partial charge in [-0.15, -0.1) is 0 Å². The van der Waals surface area contributed by atoms with Gasteiger partial charge in [0.05, 0.1) is 4.90 Å². The lowest BCUT2D eigenvalue weighted by atomic mass is 10.1. The molecule has 1 aromatic carbocycles. The van der Waals surface area contributed by atoms with Crippen molar-refractivity contribution in [2.24, 2.45) is 0 Å². The summed E-state index contributed by atoms with van der Waals surface area (Å²) in [6.07, 6.45) is 4.16. The summed E-state index contributed by atoms with van der Waals surface area (Å²) in [5, 5.41) is 0. The average molecular weight is 281 g/mol. The quantitative estimate of drug-likeness (QED) is 0.852. The second kappa shape index (κ2) is 5.33. The van der Waals surface area contributed by atoms with E-state index in [4.69, 9.17) is 0 Å². The number of benzene rings is 1. The van der Waals surface area contributed by atoms with Gasteiger partial charge in [-0.2, -0.15) is 0 Å². The molecule has 1 aliphatic rings. The number of nitrogens with zero attached hydrogens (tertiary/aromatic N) is 1. The molecule has 1 amide bonds. The van der Waals surface area contributed by atoms with Gasteiger partial charge in [0.15, 0.2) is 9.84 Å². The summed E-state index contributed by atoms with van der Waals surface area (Å²) >= 11 is 0. The van der Waals surface area contributed by atoms with Gasteiger partial charge < -0.3 is 4.90 Å². The molecule has 0 spiro atoms. The highest BCUT2D eigenvalue weighted by atomic mass is 32.2. The van der Waals surface area contributed by atoms with Gasteiger partial charge >= 0.3 is 0 Å². The van der Waals surface area contributed by atoms with Gasteiger partial charge in [0.25, 0.3) is 5.91 Å². The first-order valence-corrected chi connectivity index (χ1v) is 8.43. The van der Waals surface area contributed by atoms with Crippen LogP contribution in [0.2, 0.25) is 0 Å². The van der Waals surface area contributed by atoms with Crippen LogP contribution in [0, 0.1) is 0 Å². The van der Waals surface area contributed by atoms with E-state index in [1.807, 2.05) is 4.90 Å². The smallest absolute Gasteiger partial charge is 0.254 e. The van der Waals surface area contributed by atoms with Gasteiger partial charge in [0.2, 0.25) is 0 Å². The molecule has 1 atom stereocenters. The number of likely N-dealkylation sites (tertiary alicyclic amines) is 1. The number of sulfone groups is 1. The van der Waals surface area contributed by atoms with Crippen LogP contribution in [0.4, 0.5) is 0 Å². The molecular weight excluding hydrogens is 262 g/mol. The van der Waals surface area contributed by atoms with Crippen molar-refractivity contribution in [1.29, 1.82) is 0 Å². The summed E-state index contributed by atoms with van der Waals surface area (Å²) in [7, 11) is -3.27. The largest absolute Gasteiger partial charge is 0.336 e. The van der Waals surface area contributed by atoms with Crippen LogP contribution in [0.25, 0.3) is 0 Å². The van der Waals surface area contributed by atoms with E-state index in [1.165, 1.54) is 12.1 Å². The van der Waals surface area contributed by atoms with E-state index < -0.39 is 9.84 Å². The van der Waals surface area contributed by atoms with Crippen LogP contribution in [0.5, 0.6) is 0 Å². The van der Waals surface area contributed by atoms with Gasteiger partial charge in [-0.3, -0.25) is 4.79 Å². The molecule has 1 aromatic rings. The van der Waals surface area contributed by atoms with E-state index in [-0.39, 0.29) is 16.8 Å². The molecule has 1 unspecified atom stereocenters. The Labute approximate surface area is 114 Å². The molecule has 1 fully saturated rings. The minimum atomic E-state index is -3.27. The van der Waals surface area contributed by atoms with E-state index in [1.54, 1.807) is 12.1 Å². The SMILES string of the molecule is CCC1CCCN1C(=O)c1cccc(S(C)(=O)=O)c1. The standard InChI is InChI=1S/C14H19NO3S/c1-3-12-7-5-9-15(12)14(16)11-6-4-8-13(10-11)19(2,17)18/h4,6,8,10,12H,3,5,7,9H2,1-2H3. The van der Waals surface area contributed by atoms with E-state index in [0.717, 1.165) is 32.1 Å². The van der Waals surface area contributed by atoms with Gasteiger partial charge in [-0.1, -0.05) is 13.0 Å². The zero-order valence-electron chi connectivity index (χ0n) is 11.3. The Morgan fingerprint density at radius 1 is 1.42 bits per heavy atom. The van der Waals surface area contributed by atoms with Gasteiger partial charge in [-0.05, 0) is 37.5 Å². The molecule has 0 aromatic heterocycles. The summed E-state index contributed by atoms with van der Waals surface area (Å²) in [5.74, 6) is -0.0603. The number of carbonyl (C=O) groups excluding carboxylic acids is 1. The maximum absolute atomic E-state index is 12.4. The van der Waals surface area contributed by atoms with E-state index in [2.05, 4.69) is 6.92 Å². The second-order valence-electron chi connectivity index (χ2n) is 5.00. The Kier molecular flexibility index (Phi) is 3.94. The molecular formula is C14H19NO3S. The Balaban J connectivity index is 2.29. The monoisotopic (exact) mass is 281 g/mol. The Morgan fingerprint density at radius 3 is 2.79 bits per heavy atom. The second-order valence-corrected chi connectivity index (χ2v) is 7.02. The summed E-state index contributed by atoms with van der Waals surface area (Å²) in [6, 6.07) is 6.59. The van der Waals surface area contributed by atoms with Crippen molar-refractivity contribution in [1.82, 2.24) is 4.90 Å². The fourth-order valence-electron chi connectivity index (χ4n) is 2.55. The van der Waals surface area contributed by atoms with Gasteiger partial charge in [-0.25, -0.2) is 8.42 Å². The Hall–Kier alpha value is -1.36. The van der Waals surface area contributed by atoms with Crippen LogP contribution in [-0.4, -0.2) is 38.1 Å². The minimum absolute atomic E-state index is 0.0603. The van der Waals surface area contributed by atoms with Crippen LogP contribution < -0.4 is 0 Å². The molecule has 0 bridgehead atoms. The third-order valence-corrected chi connectivity index (χ3v) is 4.73. The van der Waals surface area contributed by atoms with Crippen molar-refractivity contribution in [3.8, 4) is 0 Å². The molecule has 1 saturated heterocycles. The number of hydrogen-bond donors (Lipinski definition) is 0. The maximum Gasteiger partial charge on any atom is 0.254 e. The Bertz CT molecular complexity index is 580. The summed E-state index contributed by atoms with van der Waals surface area (Å²) < 4.78 is 23.0. The highest BCUT2D eigenvalue weighted by molar-refractivity contribution is 7.90. The third kappa shape index (κ3) is 2.97. The first kappa shape index (κ1) is 14.1. The molecule has 0 saturated carbocycles. The summed E-state index contributed by atoms with van der Waals surface area (Å²) in [6.45, 7) is 2.84. The van der Waals surface area contributed by atoms with E-state index in [9.17, 15) is 13.2 Å². The number of hydrogen-bond acceptors (Lipinski definition) is 3. The van der Waals surface area contributed by atoms with E-state index in [0.29, 0.717) is 5.56 Å². The highest BCUT2D eigenvalue weighted by Crippen LogP contribution is 2.23. The van der Waals surface area contributed by atoms with Crippen molar-refractivity contribution in [2.75, 3.05) is 12.8 Å². The number of carbonyl (C=O) groups is 1. The minimum Gasteiger partial charge on any atom is -0.336 e. The molecule has 104 valence electrons. The topological polar surface area (TPSA) is 54.5 Å². The summed E-state index contributed by atoms with van der Waals surface area (Å²) in [5.41, 5.74) is 0.461. The number of amides is 1. The first-order chi connectivity index (χ1) is 8.93. The molecule has 1 aliphatic heterocycles. The molecule has 19 heavy (non-hydrogen) atoms. The van der Waals surface area contributed by atoms with Gasteiger partial charge in [0.1, 0.15) is 0 Å². The van der Waals surface area contributed by atoms with Gasteiger partial charge in [0, 0.05) is 24.4 Å². The summed E-state index contributed by atoms with van der Waals surface area (Å²) in [4.78, 5) is 14.5. The third-order valence-electron chi connectivity index (χ3n) is 3.62. The molecule has 4 nitrogen and oxygen atoms in total. The van der Waals surface area contributed by atoms with Crippen molar-refractivity contribution >= 4 is 15.7 Å². The van der Waals surface area contributed by atoms with Crippen LogP contribution in [0.3, 0.4) is 0 Å². The average Bonchev–Trinajstić information content (AvgIpc) is 2.85. The Morgan fingerprint density at radius 2 is 2.16 bits per heavy atom. The fraction of sp³-hybridized carbons (Fsp3) is 0.500. The van der Waals surface area contributed by atoms with Crippen molar-refractivity contribution in [3.63, 3.8) is 0 Å². The van der Waals surface area contributed by atoms with E-state index >= 15 is 0 Å². The highest BCUT2D eigenvalue weighted by Gasteiger charge is 2.28. The van der Waals surface area contributed by atoms with Crippen LogP contribution in [-0.2, 0) is 9.84 Å². The molecule has 5 heteroatoms. The number of rotatable bonds is 3.